The van der Waals surface area contributed by atoms with Crippen LogP contribution in [0.5, 0.6) is 0 Å². The minimum Gasteiger partial charge on any atom is -0.478 e. The monoisotopic (exact) mass is 496 g/mol. The third-order valence-corrected chi connectivity index (χ3v) is 7.10. The van der Waals surface area contributed by atoms with Gasteiger partial charge in [-0.2, -0.15) is 0 Å². The second kappa shape index (κ2) is 10.6. The number of fused-ring (bicyclic) bond motifs is 1. The zero-order chi connectivity index (χ0) is 25.9. The number of aromatic nitrogens is 2. The van der Waals surface area contributed by atoms with E-state index in [1.165, 1.54) is 5.56 Å². The number of nitrogens with one attached hydrogen (secondary N) is 1. The molecule has 1 atom stereocenters. The van der Waals surface area contributed by atoms with Crippen LogP contribution in [0.1, 0.15) is 64.4 Å². The molecule has 1 amide bonds. The van der Waals surface area contributed by atoms with Crippen molar-refractivity contribution in [1.82, 2.24) is 19.8 Å². The van der Waals surface area contributed by atoms with E-state index in [1.807, 2.05) is 53.1 Å². The van der Waals surface area contributed by atoms with E-state index in [2.05, 4.69) is 35.2 Å². The molecule has 2 aromatic heterocycles. The maximum Gasteiger partial charge on any atom is 0.335 e. The molecule has 0 radical (unpaired) electrons. The number of pyridine rings is 1. The highest BCUT2D eigenvalue weighted by atomic mass is 16.4. The lowest BCUT2D eigenvalue weighted by Gasteiger charge is -2.33. The van der Waals surface area contributed by atoms with Crippen molar-refractivity contribution in [2.45, 2.75) is 45.2 Å². The Labute approximate surface area is 216 Å². The smallest absolute Gasteiger partial charge is 0.335 e. The Morgan fingerprint density at radius 3 is 2.57 bits per heavy atom. The van der Waals surface area contributed by atoms with E-state index in [0.717, 1.165) is 48.2 Å². The first-order chi connectivity index (χ1) is 17.9. The molecule has 0 aliphatic carbocycles. The van der Waals surface area contributed by atoms with Crippen LogP contribution in [0.2, 0.25) is 0 Å². The second-order valence-corrected chi connectivity index (χ2v) is 10.1. The molecule has 3 heterocycles. The molecule has 0 spiro atoms. The number of nitrogens with zero attached hydrogens (tertiary/aromatic N) is 3. The number of rotatable bonds is 7. The predicted molar refractivity (Wildman–Crippen MR) is 144 cm³/mol. The summed E-state index contributed by atoms with van der Waals surface area (Å²) in [7, 11) is 0. The number of piperidine rings is 1. The third kappa shape index (κ3) is 5.42. The van der Waals surface area contributed by atoms with E-state index >= 15 is 0 Å². The number of hydrogen-bond donors (Lipinski definition) is 2. The highest BCUT2D eigenvalue weighted by Gasteiger charge is 2.24. The van der Waals surface area contributed by atoms with Crippen molar-refractivity contribution >= 4 is 22.8 Å². The van der Waals surface area contributed by atoms with Crippen molar-refractivity contribution < 1.29 is 14.7 Å². The van der Waals surface area contributed by atoms with Gasteiger partial charge in [-0.1, -0.05) is 32.0 Å². The van der Waals surface area contributed by atoms with Crippen LogP contribution in [0.4, 0.5) is 0 Å². The molecule has 1 aliphatic rings. The predicted octanol–water partition coefficient (Wildman–Crippen LogP) is 5.24. The summed E-state index contributed by atoms with van der Waals surface area (Å²) < 4.78 is 2.01. The summed E-state index contributed by atoms with van der Waals surface area (Å²) in [6.07, 6.45) is 5.72. The molecule has 190 valence electrons. The van der Waals surface area contributed by atoms with Crippen LogP contribution in [-0.4, -0.2) is 50.6 Å². The number of aromatic carboxylic acids is 1. The van der Waals surface area contributed by atoms with Gasteiger partial charge < -0.3 is 15.0 Å². The first kappa shape index (κ1) is 24.7. The summed E-state index contributed by atoms with van der Waals surface area (Å²) in [5.74, 6) is 0.230. The van der Waals surface area contributed by atoms with E-state index in [1.54, 1.807) is 18.3 Å². The van der Waals surface area contributed by atoms with E-state index in [9.17, 15) is 14.7 Å². The lowest BCUT2D eigenvalue weighted by Crippen LogP contribution is -2.47. The van der Waals surface area contributed by atoms with E-state index in [4.69, 9.17) is 0 Å². The van der Waals surface area contributed by atoms with Gasteiger partial charge in [-0.25, -0.2) is 9.78 Å². The number of likely N-dealkylation sites (tertiary alicyclic amines) is 1. The summed E-state index contributed by atoms with van der Waals surface area (Å²) in [5, 5.41) is 13.7. The molecule has 2 aromatic carbocycles. The molecule has 37 heavy (non-hydrogen) atoms. The minimum absolute atomic E-state index is 0.0417. The number of hydrogen-bond acceptors (Lipinski definition) is 4. The molecular weight excluding hydrogens is 464 g/mol. The van der Waals surface area contributed by atoms with Crippen molar-refractivity contribution in [3.8, 4) is 5.82 Å². The maximum atomic E-state index is 12.9. The van der Waals surface area contributed by atoms with Gasteiger partial charge in [0, 0.05) is 42.5 Å². The lowest BCUT2D eigenvalue weighted by atomic mass is 10.0. The Bertz CT molecular complexity index is 1410. The number of carbonyl (C=O) groups is 2. The van der Waals surface area contributed by atoms with Gasteiger partial charge in [0.1, 0.15) is 5.82 Å². The van der Waals surface area contributed by atoms with E-state index in [0.29, 0.717) is 18.0 Å². The largest absolute Gasteiger partial charge is 0.478 e. The molecule has 2 N–H and O–H groups in total. The number of carboxylic acids is 1. The number of benzene rings is 2. The van der Waals surface area contributed by atoms with Crippen LogP contribution in [-0.2, 0) is 6.54 Å². The van der Waals surface area contributed by atoms with Gasteiger partial charge in [0.15, 0.2) is 0 Å². The topological polar surface area (TPSA) is 87.5 Å². The van der Waals surface area contributed by atoms with Crippen molar-refractivity contribution in [3.05, 3.63) is 95.3 Å². The first-order valence-electron chi connectivity index (χ1n) is 12.8. The van der Waals surface area contributed by atoms with Gasteiger partial charge in [0.05, 0.1) is 11.1 Å². The fraction of sp³-hybridized carbons (Fsp3) is 0.300. The average Bonchev–Trinajstić information content (AvgIpc) is 3.27. The van der Waals surface area contributed by atoms with E-state index in [-0.39, 0.29) is 17.5 Å². The standard InChI is InChI=1S/C30H32N4O3/c1-20(2)21-8-10-22(11-9-21)29(35)32-25-6-5-15-33(19-25)17-24-18-34(28-7-3-4-14-31-28)27-13-12-23(30(36)37)16-26(24)27/h3-4,7-14,16,18,20,25H,5-6,15,17,19H2,1-2H3,(H,32,35)(H,36,37). The average molecular weight is 497 g/mol. The Morgan fingerprint density at radius 2 is 1.86 bits per heavy atom. The zero-order valence-corrected chi connectivity index (χ0v) is 21.2. The van der Waals surface area contributed by atoms with Crippen molar-refractivity contribution in [2.24, 2.45) is 0 Å². The zero-order valence-electron chi connectivity index (χ0n) is 21.2. The highest BCUT2D eigenvalue weighted by Crippen LogP contribution is 2.28. The lowest BCUT2D eigenvalue weighted by molar-refractivity contribution is 0.0696. The molecule has 7 nitrogen and oxygen atoms in total. The van der Waals surface area contributed by atoms with Gasteiger partial charge in [-0.3, -0.25) is 9.69 Å². The minimum atomic E-state index is -0.944. The second-order valence-electron chi connectivity index (χ2n) is 10.1. The van der Waals surface area contributed by atoms with Crippen LogP contribution in [0.3, 0.4) is 0 Å². The fourth-order valence-corrected chi connectivity index (χ4v) is 5.09. The van der Waals surface area contributed by atoms with E-state index < -0.39 is 5.97 Å². The van der Waals surface area contributed by atoms with Gasteiger partial charge in [0.25, 0.3) is 5.91 Å². The van der Waals surface area contributed by atoms with Crippen LogP contribution in [0.25, 0.3) is 16.7 Å². The number of carboxylic acid groups (broad SMARTS) is 1. The maximum absolute atomic E-state index is 12.9. The third-order valence-electron chi connectivity index (χ3n) is 7.10. The van der Waals surface area contributed by atoms with Crippen LogP contribution < -0.4 is 5.32 Å². The molecule has 1 unspecified atom stereocenters. The summed E-state index contributed by atoms with van der Waals surface area (Å²) in [5.41, 5.74) is 4.13. The van der Waals surface area contributed by atoms with Crippen LogP contribution in [0, 0.1) is 0 Å². The molecule has 7 heteroatoms. The Hall–Kier alpha value is -3.97. The first-order valence-corrected chi connectivity index (χ1v) is 12.8. The van der Waals surface area contributed by atoms with Gasteiger partial charge in [-0.05, 0) is 78.9 Å². The normalized spacial score (nSPS) is 16.2. The SMILES string of the molecule is CC(C)c1ccc(C(=O)NC2CCCN(Cc3cn(-c4ccccn4)c4ccc(C(=O)O)cc34)C2)cc1. The molecular formula is C30H32N4O3. The van der Waals surface area contributed by atoms with Crippen molar-refractivity contribution in [1.29, 1.82) is 0 Å². The summed E-state index contributed by atoms with van der Waals surface area (Å²) in [4.78, 5) is 31.4. The Balaban J connectivity index is 1.35. The van der Waals surface area contributed by atoms with Gasteiger partial charge in [0.2, 0.25) is 0 Å². The Morgan fingerprint density at radius 1 is 1.08 bits per heavy atom. The molecule has 1 saturated heterocycles. The van der Waals surface area contributed by atoms with Crippen molar-refractivity contribution in [2.75, 3.05) is 13.1 Å². The quantitative estimate of drug-likeness (QED) is 0.365. The van der Waals surface area contributed by atoms with Gasteiger partial charge in [-0.15, -0.1) is 0 Å². The molecule has 1 aliphatic heterocycles. The summed E-state index contributed by atoms with van der Waals surface area (Å²) >= 11 is 0. The number of amides is 1. The molecule has 5 rings (SSSR count). The molecule has 4 aromatic rings. The highest BCUT2D eigenvalue weighted by molar-refractivity contribution is 5.95. The molecule has 0 bridgehead atoms. The Kier molecular flexibility index (Phi) is 7.06. The number of carbonyl (C=O) groups excluding carboxylic acids is 1. The summed E-state index contributed by atoms with van der Waals surface area (Å²) in [6, 6.07) is 18.9. The van der Waals surface area contributed by atoms with Crippen LogP contribution >= 0.6 is 0 Å². The van der Waals surface area contributed by atoms with Crippen molar-refractivity contribution in [3.63, 3.8) is 0 Å². The van der Waals surface area contributed by atoms with Crippen LogP contribution in [0.15, 0.2) is 73.1 Å². The fourth-order valence-electron chi connectivity index (χ4n) is 5.09. The van der Waals surface area contributed by atoms with Gasteiger partial charge >= 0.3 is 5.97 Å². The molecule has 0 saturated carbocycles. The molecule has 1 fully saturated rings. The summed E-state index contributed by atoms with van der Waals surface area (Å²) in [6.45, 7) is 6.60.